The molecular weight excluding hydrogens is 411 g/mol. The number of nitrogens with one attached hydrogen (secondary N) is 1. The van der Waals surface area contributed by atoms with Gasteiger partial charge in [0.05, 0.1) is 29.0 Å². The average molecular weight is 429 g/mol. The van der Waals surface area contributed by atoms with Crippen LogP contribution in [0.2, 0.25) is 10.0 Å². The summed E-state index contributed by atoms with van der Waals surface area (Å²) in [6.45, 7) is 3.06. The van der Waals surface area contributed by atoms with E-state index in [0.717, 1.165) is 30.2 Å². The third-order valence-electron chi connectivity index (χ3n) is 4.61. The Morgan fingerprint density at radius 3 is 2.34 bits per heavy atom. The van der Waals surface area contributed by atoms with Crippen LogP contribution in [0.3, 0.4) is 0 Å². The van der Waals surface area contributed by atoms with Crippen LogP contribution in [0.4, 0.5) is 11.5 Å². The van der Waals surface area contributed by atoms with Gasteiger partial charge in [0.25, 0.3) is 5.91 Å². The summed E-state index contributed by atoms with van der Waals surface area (Å²) in [5, 5.41) is 12.3. The highest BCUT2D eigenvalue weighted by atomic mass is 35.5. The Morgan fingerprint density at radius 2 is 1.69 bits per heavy atom. The van der Waals surface area contributed by atoms with E-state index in [1.165, 1.54) is 0 Å². The predicted molar refractivity (Wildman–Crippen MR) is 115 cm³/mol. The maximum absolute atomic E-state index is 12.4. The average Bonchev–Trinajstić information content (AvgIpc) is 2.77. The lowest BCUT2D eigenvalue weighted by molar-refractivity contribution is 0.102. The lowest BCUT2D eigenvalue weighted by Crippen LogP contribution is -2.36. The van der Waals surface area contributed by atoms with Crippen LogP contribution < -0.4 is 10.2 Å². The Labute approximate surface area is 178 Å². The molecule has 2 heterocycles. The molecular formula is C21H18Cl2N4O2. The topological polar surface area (TPSA) is 67.4 Å². The van der Waals surface area contributed by atoms with Crippen LogP contribution >= 0.6 is 23.2 Å². The molecule has 0 unspecified atom stereocenters. The van der Waals surface area contributed by atoms with Gasteiger partial charge in [-0.3, -0.25) is 4.79 Å². The first kappa shape index (κ1) is 19.6. The van der Waals surface area contributed by atoms with Crippen LogP contribution in [-0.2, 0) is 4.74 Å². The zero-order valence-electron chi connectivity index (χ0n) is 15.4. The lowest BCUT2D eigenvalue weighted by atomic mass is 10.1. The molecule has 148 valence electrons. The molecule has 4 rings (SSSR count). The van der Waals surface area contributed by atoms with Gasteiger partial charge in [0.15, 0.2) is 5.82 Å². The number of hydrogen-bond acceptors (Lipinski definition) is 5. The monoisotopic (exact) mass is 428 g/mol. The summed E-state index contributed by atoms with van der Waals surface area (Å²) >= 11 is 11.9. The molecule has 1 aliphatic rings. The second kappa shape index (κ2) is 8.78. The van der Waals surface area contributed by atoms with Crippen molar-refractivity contribution < 1.29 is 9.53 Å². The Balaban J connectivity index is 1.43. The molecule has 0 radical (unpaired) electrons. The molecule has 0 spiro atoms. The first-order valence-electron chi connectivity index (χ1n) is 9.13. The molecule has 1 fully saturated rings. The molecule has 1 amide bonds. The van der Waals surface area contributed by atoms with E-state index >= 15 is 0 Å². The molecule has 29 heavy (non-hydrogen) atoms. The molecule has 8 heteroatoms. The van der Waals surface area contributed by atoms with E-state index in [-0.39, 0.29) is 5.91 Å². The van der Waals surface area contributed by atoms with Gasteiger partial charge in [0.1, 0.15) is 0 Å². The minimum atomic E-state index is -0.258. The fourth-order valence-corrected chi connectivity index (χ4v) is 3.30. The lowest BCUT2D eigenvalue weighted by Gasteiger charge is -2.27. The van der Waals surface area contributed by atoms with E-state index in [1.807, 2.05) is 36.4 Å². The van der Waals surface area contributed by atoms with Crippen molar-refractivity contribution in [3.63, 3.8) is 0 Å². The number of carbonyl (C=O) groups excluding carboxylic acids is 1. The zero-order valence-corrected chi connectivity index (χ0v) is 17.0. The number of morpholine rings is 1. The van der Waals surface area contributed by atoms with Crippen molar-refractivity contribution in [2.75, 3.05) is 36.5 Å². The van der Waals surface area contributed by atoms with Crippen LogP contribution in [0.15, 0.2) is 54.6 Å². The molecule has 1 aromatic heterocycles. The van der Waals surface area contributed by atoms with E-state index in [0.29, 0.717) is 34.5 Å². The largest absolute Gasteiger partial charge is 0.378 e. The first-order chi connectivity index (χ1) is 14.1. The highest BCUT2D eigenvalue weighted by Gasteiger charge is 2.13. The molecule has 0 atom stereocenters. The highest BCUT2D eigenvalue weighted by Crippen LogP contribution is 2.24. The number of carbonyl (C=O) groups is 1. The molecule has 1 saturated heterocycles. The zero-order chi connectivity index (χ0) is 20.2. The Hall–Kier alpha value is -2.67. The van der Waals surface area contributed by atoms with Gasteiger partial charge in [-0.15, -0.1) is 10.2 Å². The smallest absolute Gasteiger partial charge is 0.255 e. The molecule has 1 aliphatic heterocycles. The van der Waals surface area contributed by atoms with Gasteiger partial charge in [0, 0.05) is 29.9 Å². The van der Waals surface area contributed by atoms with Gasteiger partial charge in [-0.2, -0.15) is 0 Å². The van der Waals surface area contributed by atoms with Crippen LogP contribution in [0.25, 0.3) is 11.3 Å². The van der Waals surface area contributed by atoms with Crippen LogP contribution in [0, 0.1) is 0 Å². The maximum Gasteiger partial charge on any atom is 0.255 e. The molecule has 6 nitrogen and oxygen atoms in total. The number of rotatable bonds is 4. The van der Waals surface area contributed by atoms with Gasteiger partial charge in [-0.05, 0) is 42.5 Å². The molecule has 0 bridgehead atoms. The van der Waals surface area contributed by atoms with Crippen molar-refractivity contribution in [1.29, 1.82) is 0 Å². The fraction of sp³-hybridized carbons (Fsp3) is 0.190. The van der Waals surface area contributed by atoms with Gasteiger partial charge in [0.2, 0.25) is 0 Å². The third kappa shape index (κ3) is 4.67. The molecule has 0 saturated carbocycles. The standard InChI is InChI=1S/C21H18Cl2N4O2/c22-17-6-3-15(13-18(17)23)21(28)24-16-4-1-14(2-5-16)19-7-8-20(26-25-19)27-9-11-29-12-10-27/h1-8,13H,9-12H2,(H,24,28). The van der Waals surface area contributed by atoms with Gasteiger partial charge < -0.3 is 15.0 Å². The van der Waals surface area contributed by atoms with E-state index in [4.69, 9.17) is 27.9 Å². The molecule has 3 aromatic rings. The summed E-state index contributed by atoms with van der Waals surface area (Å²) in [7, 11) is 0. The summed E-state index contributed by atoms with van der Waals surface area (Å²) in [5.41, 5.74) is 2.79. The number of halogens is 2. The number of nitrogens with zero attached hydrogens (tertiary/aromatic N) is 3. The van der Waals surface area contributed by atoms with E-state index in [9.17, 15) is 4.79 Å². The van der Waals surface area contributed by atoms with Crippen molar-refractivity contribution in [2.24, 2.45) is 0 Å². The number of ether oxygens (including phenoxy) is 1. The van der Waals surface area contributed by atoms with Crippen LogP contribution in [-0.4, -0.2) is 42.4 Å². The second-order valence-electron chi connectivity index (χ2n) is 6.54. The number of aromatic nitrogens is 2. The summed E-state index contributed by atoms with van der Waals surface area (Å²) in [6, 6.07) is 16.1. The number of amides is 1. The summed E-state index contributed by atoms with van der Waals surface area (Å²) in [6.07, 6.45) is 0. The summed E-state index contributed by atoms with van der Waals surface area (Å²) < 4.78 is 5.36. The SMILES string of the molecule is O=C(Nc1ccc(-c2ccc(N3CCOCC3)nn2)cc1)c1ccc(Cl)c(Cl)c1. The van der Waals surface area contributed by atoms with Crippen molar-refractivity contribution in [3.05, 3.63) is 70.2 Å². The number of hydrogen-bond donors (Lipinski definition) is 1. The highest BCUT2D eigenvalue weighted by molar-refractivity contribution is 6.42. The van der Waals surface area contributed by atoms with Crippen molar-refractivity contribution in [1.82, 2.24) is 10.2 Å². The predicted octanol–water partition coefficient (Wildman–Crippen LogP) is 4.54. The Kier molecular flexibility index (Phi) is 5.94. The maximum atomic E-state index is 12.4. The van der Waals surface area contributed by atoms with Gasteiger partial charge in [-0.1, -0.05) is 35.3 Å². The van der Waals surface area contributed by atoms with Crippen molar-refractivity contribution in [2.45, 2.75) is 0 Å². The molecule has 1 N–H and O–H groups in total. The summed E-state index contributed by atoms with van der Waals surface area (Å²) in [4.78, 5) is 14.5. The normalized spacial score (nSPS) is 13.9. The van der Waals surface area contributed by atoms with E-state index in [2.05, 4.69) is 20.4 Å². The Bertz CT molecular complexity index is 1000. The fourth-order valence-electron chi connectivity index (χ4n) is 3.01. The molecule has 0 aliphatic carbocycles. The Morgan fingerprint density at radius 1 is 0.931 bits per heavy atom. The second-order valence-corrected chi connectivity index (χ2v) is 7.35. The third-order valence-corrected chi connectivity index (χ3v) is 5.34. The van der Waals surface area contributed by atoms with E-state index < -0.39 is 0 Å². The first-order valence-corrected chi connectivity index (χ1v) is 9.89. The quantitative estimate of drug-likeness (QED) is 0.660. The van der Waals surface area contributed by atoms with Gasteiger partial charge in [-0.25, -0.2) is 0 Å². The number of anilines is 2. The minimum Gasteiger partial charge on any atom is -0.378 e. The number of benzene rings is 2. The van der Waals surface area contributed by atoms with Crippen LogP contribution in [0.5, 0.6) is 0 Å². The minimum absolute atomic E-state index is 0.258. The van der Waals surface area contributed by atoms with Crippen molar-refractivity contribution >= 4 is 40.6 Å². The molecule has 2 aromatic carbocycles. The van der Waals surface area contributed by atoms with Gasteiger partial charge >= 0.3 is 0 Å². The van der Waals surface area contributed by atoms with E-state index in [1.54, 1.807) is 18.2 Å². The summed E-state index contributed by atoms with van der Waals surface area (Å²) in [5.74, 6) is 0.591. The van der Waals surface area contributed by atoms with Crippen LogP contribution in [0.1, 0.15) is 10.4 Å². The van der Waals surface area contributed by atoms with Crippen molar-refractivity contribution in [3.8, 4) is 11.3 Å².